The monoisotopic (exact) mass is 330 g/mol. The molecule has 0 aromatic heterocycles. The predicted molar refractivity (Wildman–Crippen MR) is 82.4 cm³/mol. The van der Waals surface area contributed by atoms with E-state index in [2.05, 4.69) is 10.6 Å². The maximum atomic E-state index is 12.5. The molecule has 22 heavy (non-hydrogen) atoms. The number of thioether (sulfide) groups is 1. The molecule has 1 aliphatic rings. The first kappa shape index (κ1) is 17.0. The molecule has 0 spiro atoms. The van der Waals surface area contributed by atoms with Gasteiger partial charge in [-0.3, -0.25) is 10.1 Å². The maximum Gasteiger partial charge on any atom is 0.289 e. The van der Waals surface area contributed by atoms with Crippen molar-refractivity contribution in [3.8, 4) is 5.75 Å². The molecule has 0 saturated carbocycles. The molecule has 1 heterocycles. The minimum Gasteiger partial charge on any atom is -0.496 e. The fraction of sp³-hybridized carbons (Fsp3) is 0.533. The van der Waals surface area contributed by atoms with E-state index < -0.39 is 5.76 Å². The Balaban J connectivity index is 2.08. The van der Waals surface area contributed by atoms with Crippen molar-refractivity contribution >= 4 is 17.7 Å². The summed E-state index contributed by atoms with van der Waals surface area (Å²) in [7, 11) is 1.46. The first-order chi connectivity index (χ1) is 10.5. The van der Waals surface area contributed by atoms with Crippen LogP contribution in [0.1, 0.15) is 31.4 Å². The lowest BCUT2D eigenvalue weighted by molar-refractivity contribution is -0.124. The first-order valence-corrected chi connectivity index (χ1v) is 8.05. The number of benzene rings is 1. The van der Waals surface area contributed by atoms with Crippen LogP contribution in [-0.2, 0) is 4.79 Å². The van der Waals surface area contributed by atoms with Crippen molar-refractivity contribution in [1.29, 1.82) is 0 Å². The van der Waals surface area contributed by atoms with Crippen molar-refractivity contribution < 1.29 is 18.3 Å². The van der Waals surface area contributed by atoms with Gasteiger partial charge in [0.15, 0.2) is 0 Å². The number of alkyl halides is 2. The molecule has 1 amide bonds. The smallest absolute Gasteiger partial charge is 0.289 e. The van der Waals surface area contributed by atoms with E-state index in [1.807, 2.05) is 6.92 Å². The molecule has 7 heteroatoms. The highest BCUT2D eigenvalue weighted by Crippen LogP contribution is 2.35. The van der Waals surface area contributed by atoms with Crippen molar-refractivity contribution in [3.63, 3.8) is 0 Å². The lowest BCUT2D eigenvalue weighted by atomic mass is 10.0. The van der Waals surface area contributed by atoms with Gasteiger partial charge < -0.3 is 10.1 Å². The highest BCUT2D eigenvalue weighted by atomic mass is 32.2. The molecule has 1 aromatic carbocycles. The molecule has 1 aliphatic heterocycles. The van der Waals surface area contributed by atoms with E-state index in [0.29, 0.717) is 22.4 Å². The molecule has 2 N–H and O–H groups in total. The zero-order valence-electron chi connectivity index (χ0n) is 12.6. The molecule has 4 nitrogen and oxygen atoms in total. The van der Waals surface area contributed by atoms with Crippen molar-refractivity contribution in [3.05, 3.63) is 23.8 Å². The summed E-state index contributed by atoms with van der Waals surface area (Å²) in [6, 6.07) is 4.86. The molecule has 2 rings (SSSR count). The minimum absolute atomic E-state index is 0.00920. The number of rotatable bonds is 6. The van der Waals surface area contributed by atoms with Gasteiger partial charge in [0.2, 0.25) is 5.91 Å². The standard InChI is InChI=1S/C15H20F2N2O2S/c1-9(19-11-4-3-7-18-14(11)20)10-5-6-13(22-15(16)17)12(8-10)21-2/h5-6,8-9,11,15,19H,3-4,7H2,1-2H3,(H,18,20)/t9-,11+/m1/s1. The number of ether oxygens (including phenoxy) is 1. The van der Waals surface area contributed by atoms with Gasteiger partial charge in [0.1, 0.15) is 5.75 Å². The quantitative estimate of drug-likeness (QED) is 0.788. The van der Waals surface area contributed by atoms with Gasteiger partial charge in [-0.1, -0.05) is 17.8 Å². The van der Waals surface area contributed by atoms with E-state index in [1.165, 1.54) is 7.11 Å². The highest BCUT2D eigenvalue weighted by Gasteiger charge is 2.24. The number of hydrogen-bond donors (Lipinski definition) is 2. The van der Waals surface area contributed by atoms with Gasteiger partial charge >= 0.3 is 0 Å². The summed E-state index contributed by atoms with van der Waals surface area (Å²) >= 11 is 0.463. The number of amides is 1. The van der Waals surface area contributed by atoms with Crippen LogP contribution in [0.15, 0.2) is 23.1 Å². The average molecular weight is 330 g/mol. The molecule has 0 radical (unpaired) electrons. The number of nitrogens with one attached hydrogen (secondary N) is 2. The van der Waals surface area contributed by atoms with Crippen LogP contribution < -0.4 is 15.4 Å². The van der Waals surface area contributed by atoms with Gasteiger partial charge in [-0.2, -0.15) is 8.78 Å². The van der Waals surface area contributed by atoms with Gasteiger partial charge in [-0.25, -0.2) is 0 Å². The summed E-state index contributed by atoms with van der Waals surface area (Å²) in [4.78, 5) is 12.2. The second-order valence-electron chi connectivity index (χ2n) is 5.16. The van der Waals surface area contributed by atoms with Crippen LogP contribution in [0.4, 0.5) is 8.78 Å². The highest BCUT2D eigenvalue weighted by molar-refractivity contribution is 7.99. The third-order valence-corrected chi connectivity index (χ3v) is 4.41. The zero-order valence-corrected chi connectivity index (χ0v) is 13.4. The van der Waals surface area contributed by atoms with E-state index in [1.54, 1.807) is 18.2 Å². The lowest BCUT2D eigenvalue weighted by Crippen LogP contribution is -2.48. The first-order valence-electron chi connectivity index (χ1n) is 7.17. The van der Waals surface area contributed by atoms with Gasteiger partial charge in [0.05, 0.1) is 18.0 Å². The van der Waals surface area contributed by atoms with Crippen LogP contribution in [0.3, 0.4) is 0 Å². The van der Waals surface area contributed by atoms with E-state index in [9.17, 15) is 13.6 Å². The number of hydrogen-bond acceptors (Lipinski definition) is 4. The Morgan fingerprint density at radius 3 is 2.86 bits per heavy atom. The number of carbonyl (C=O) groups is 1. The molecule has 0 bridgehead atoms. The Kier molecular flexibility index (Phi) is 6.02. The molecule has 0 aliphatic carbocycles. The predicted octanol–water partition coefficient (Wildman–Crippen LogP) is 2.94. The summed E-state index contributed by atoms with van der Waals surface area (Å²) in [6.07, 6.45) is 1.75. The second kappa shape index (κ2) is 7.78. The van der Waals surface area contributed by atoms with Gasteiger partial charge in [-0.15, -0.1) is 0 Å². The SMILES string of the molecule is COc1cc([C@@H](C)N[C@H]2CCCNC2=O)ccc1SC(F)F. The van der Waals surface area contributed by atoms with Crippen LogP contribution in [0, 0.1) is 0 Å². The van der Waals surface area contributed by atoms with Crippen LogP contribution in [-0.4, -0.2) is 31.4 Å². The molecule has 1 aromatic rings. The van der Waals surface area contributed by atoms with Crippen molar-refractivity contribution in [2.75, 3.05) is 13.7 Å². The summed E-state index contributed by atoms with van der Waals surface area (Å²) in [5, 5.41) is 6.10. The Morgan fingerprint density at radius 2 is 2.23 bits per heavy atom. The maximum absolute atomic E-state index is 12.5. The van der Waals surface area contributed by atoms with Crippen LogP contribution >= 0.6 is 11.8 Å². The summed E-state index contributed by atoms with van der Waals surface area (Å²) in [5.41, 5.74) is 0.897. The van der Waals surface area contributed by atoms with Crippen molar-refractivity contribution in [1.82, 2.24) is 10.6 Å². The van der Waals surface area contributed by atoms with E-state index in [4.69, 9.17) is 4.74 Å². The molecule has 1 fully saturated rings. The van der Waals surface area contributed by atoms with Crippen molar-refractivity contribution in [2.45, 2.75) is 42.5 Å². The van der Waals surface area contributed by atoms with Gasteiger partial charge in [0.25, 0.3) is 5.76 Å². The van der Waals surface area contributed by atoms with E-state index in [0.717, 1.165) is 24.9 Å². The fourth-order valence-corrected chi connectivity index (χ4v) is 3.07. The fourth-order valence-electron chi connectivity index (χ4n) is 2.48. The molecule has 0 unspecified atom stereocenters. The third kappa shape index (κ3) is 4.33. The van der Waals surface area contributed by atoms with Gasteiger partial charge in [-0.05, 0) is 37.5 Å². The third-order valence-electron chi connectivity index (χ3n) is 3.64. The van der Waals surface area contributed by atoms with Gasteiger partial charge in [0, 0.05) is 12.6 Å². The molecular formula is C15H20F2N2O2S. The van der Waals surface area contributed by atoms with E-state index >= 15 is 0 Å². The topological polar surface area (TPSA) is 50.4 Å². The Bertz CT molecular complexity index is 528. The molecular weight excluding hydrogens is 310 g/mol. The normalized spacial score (nSPS) is 19.9. The zero-order chi connectivity index (χ0) is 16.1. The van der Waals surface area contributed by atoms with Crippen LogP contribution in [0.25, 0.3) is 0 Å². The molecule has 2 atom stereocenters. The molecule has 122 valence electrons. The average Bonchev–Trinajstić information content (AvgIpc) is 2.49. The number of piperidine rings is 1. The Labute approximate surface area is 133 Å². The molecule has 1 saturated heterocycles. The van der Waals surface area contributed by atoms with Crippen LogP contribution in [0.5, 0.6) is 5.75 Å². The Morgan fingerprint density at radius 1 is 1.45 bits per heavy atom. The van der Waals surface area contributed by atoms with Crippen LogP contribution in [0.2, 0.25) is 0 Å². The number of methoxy groups -OCH3 is 1. The summed E-state index contributed by atoms with van der Waals surface area (Å²) in [6.45, 7) is 2.66. The summed E-state index contributed by atoms with van der Waals surface area (Å²) < 4.78 is 30.2. The van der Waals surface area contributed by atoms with Crippen molar-refractivity contribution in [2.24, 2.45) is 0 Å². The second-order valence-corrected chi connectivity index (χ2v) is 6.19. The largest absolute Gasteiger partial charge is 0.496 e. The number of carbonyl (C=O) groups excluding carboxylic acids is 1. The lowest BCUT2D eigenvalue weighted by Gasteiger charge is -2.26. The minimum atomic E-state index is -2.48. The Hall–Kier alpha value is -1.34. The van der Waals surface area contributed by atoms with E-state index in [-0.39, 0.29) is 18.0 Å². The summed E-state index contributed by atoms with van der Waals surface area (Å²) in [5.74, 6) is -2.05. The number of halogens is 2.